The minimum Gasteiger partial charge on any atom is -0.399 e. The summed E-state index contributed by atoms with van der Waals surface area (Å²) in [5, 5.41) is 0. The minimum atomic E-state index is -3.52. The maximum Gasteiger partial charge on any atom is 0.243 e. The van der Waals surface area contributed by atoms with Crippen molar-refractivity contribution in [2.45, 2.75) is 25.3 Å². The van der Waals surface area contributed by atoms with Crippen LogP contribution in [0, 0.1) is 6.92 Å². The van der Waals surface area contributed by atoms with Gasteiger partial charge in [0, 0.05) is 23.7 Å². The first-order chi connectivity index (χ1) is 9.84. The van der Waals surface area contributed by atoms with Gasteiger partial charge < -0.3 is 5.73 Å². The summed E-state index contributed by atoms with van der Waals surface area (Å²) in [5.74, 6) is 0. The van der Waals surface area contributed by atoms with E-state index in [1.54, 1.807) is 25.1 Å². The van der Waals surface area contributed by atoms with Gasteiger partial charge in [-0.3, -0.25) is 0 Å². The quantitative estimate of drug-likeness (QED) is 0.795. The Bertz CT molecular complexity index is 741. The van der Waals surface area contributed by atoms with Crippen LogP contribution in [-0.2, 0) is 16.6 Å². The Morgan fingerprint density at radius 1 is 1.29 bits per heavy atom. The number of benzene rings is 1. The summed E-state index contributed by atoms with van der Waals surface area (Å²) in [5.41, 5.74) is 6.93. The molecular formula is C14H17BrN2O2S2. The van der Waals surface area contributed by atoms with E-state index in [9.17, 15) is 8.42 Å². The second kappa shape index (κ2) is 6.48. The van der Waals surface area contributed by atoms with E-state index in [-0.39, 0.29) is 0 Å². The molecule has 0 atom stereocenters. The van der Waals surface area contributed by atoms with E-state index >= 15 is 0 Å². The number of rotatable bonds is 5. The zero-order valence-corrected chi connectivity index (χ0v) is 15.1. The molecule has 1 aromatic heterocycles. The molecule has 1 heterocycles. The predicted octanol–water partition coefficient (Wildman–Crippen LogP) is 3.61. The smallest absolute Gasteiger partial charge is 0.243 e. The van der Waals surface area contributed by atoms with Crippen molar-refractivity contribution in [1.29, 1.82) is 0 Å². The number of anilines is 1. The van der Waals surface area contributed by atoms with E-state index in [1.807, 2.05) is 19.1 Å². The van der Waals surface area contributed by atoms with Gasteiger partial charge >= 0.3 is 0 Å². The van der Waals surface area contributed by atoms with Crippen molar-refractivity contribution in [2.75, 3.05) is 12.3 Å². The number of halogens is 1. The monoisotopic (exact) mass is 388 g/mol. The summed E-state index contributed by atoms with van der Waals surface area (Å²) < 4.78 is 28.0. The third-order valence-electron chi connectivity index (χ3n) is 3.13. The van der Waals surface area contributed by atoms with Gasteiger partial charge in [0.2, 0.25) is 10.0 Å². The summed E-state index contributed by atoms with van der Waals surface area (Å²) >= 11 is 4.94. The number of nitrogen functional groups attached to an aromatic ring is 1. The zero-order chi connectivity index (χ0) is 15.6. The lowest BCUT2D eigenvalue weighted by atomic mass is 10.2. The van der Waals surface area contributed by atoms with E-state index in [2.05, 4.69) is 15.9 Å². The molecule has 0 aliphatic heterocycles. The topological polar surface area (TPSA) is 63.4 Å². The lowest BCUT2D eigenvalue weighted by Crippen LogP contribution is -2.30. The predicted molar refractivity (Wildman–Crippen MR) is 90.9 cm³/mol. The fraction of sp³-hybridized carbons (Fsp3) is 0.286. The van der Waals surface area contributed by atoms with Gasteiger partial charge in [-0.1, -0.05) is 6.92 Å². The maximum atomic E-state index is 12.8. The fourth-order valence-corrected chi connectivity index (χ4v) is 5.29. The Morgan fingerprint density at radius 2 is 2.00 bits per heavy atom. The molecule has 0 amide bonds. The summed E-state index contributed by atoms with van der Waals surface area (Å²) in [6, 6.07) is 8.74. The van der Waals surface area contributed by atoms with E-state index in [0.717, 1.165) is 8.66 Å². The van der Waals surface area contributed by atoms with Gasteiger partial charge in [-0.25, -0.2) is 8.42 Å². The van der Waals surface area contributed by atoms with Gasteiger partial charge in [-0.2, -0.15) is 4.31 Å². The Labute approximate surface area is 137 Å². The Kier molecular flexibility index (Phi) is 5.08. The summed E-state index contributed by atoms with van der Waals surface area (Å²) in [4.78, 5) is 1.31. The Balaban J connectivity index is 2.35. The highest BCUT2D eigenvalue weighted by Crippen LogP contribution is 2.27. The first kappa shape index (κ1) is 16.5. The van der Waals surface area contributed by atoms with Crippen LogP contribution in [0.5, 0.6) is 0 Å². The molecular weight excluding hydrogens is 372 g/mol. The molecule has 0 saturated carbocycles. The first-order valence-electron chi connectivity index (χ1n) is 6.45. The molecule has 114 valence electrons. The number of sulfonamides is 1. The normalized spacial score (nSPS) is 12.0. The molecule has 2 aromatic rings. The molecule has 0 saturated heterocycles. The molecule has 4 nitrogen and oxygen atoms in total. The van der Waals surface area contributed by atoms with Crippen molar-refractivity contribution in [1.82, 2.24) is 4.31 Å². The Morgan fingerprint density at radius 3 is 2.52 bits per heavy atom. The van der Waals surface area contributed by atoms with E-state index in [4.69, 9.17) is 5.73 Å². The lowest BCUT2D eigenvalue weighted by molar-refractivity contribution is 0.426. The van der Waals surface area contributed by atoms with Gasteiger partial charge in [-0.15, -0.1) is 11.3 Å². The van der Waals surface area contributed by atoms with Crippen molar-refractivity contribution in [2.24, 2.45) is 0 Å². The average molecular weight is 389 g/mol. The number of nitrogens with zero attached hydrogens (tertiary/aromatic N) is 1. The molecule has 1 aromatic carbocycles. The highest BCUT2D eigenvalue weighted by Gasteiger charge is 2.25. The lowest BCUT2D eigenvalue weighted by Gasteiger charge is -2.21. The van der Waals surface area contributed by atoms with E-state index < -0.39 is 10.0 Å². The third-order valence-corrected chi connectivity index (χ3v) is 6.82. The Hall–Kier alpha value is -0.890. The molecule has 21 heavy (non-hydrogen) atoms. The number of thiophene rings is 1. The molecule has 7 heteroatoms. The number of aryl methyl sites for hydroxylation is 1. The first-order valence-corrected chi connectivity index (χ1v) is 9.50. The molecule has 2 N–H and O–H groups in total. The van der Waals surface area contributed by atoms with Gasteiger partial charge in [-0.05, 0) is 58.7 Å². The number of hydrogen-bond donors (Lipinski definition) is 1. The molecule has 0 aliphatic carbocycles. The number of nitrogens with two attached hydrogens (primary N) is 1. The fourth-order valence-electron chi connectivity index (χ4n) is 2.08. The van der Waals surface area contributed by atoms with Crippen LogP contribution in [-0.4, -0.2) is 19.3 Å². The van der Waals surface area contributed by atoms with Crippen molar-refractivity contribution in [3.8, 4) is 0 Å². The van der Waals surface area contributed by atoms with Crippen LogP contribution in [0.1, 0.15) is 17.4 Å². The van der Waals surface area contributed by atoms with Crippen LogP contribution in [0.4, 0.5) is 5.69 Å². The standard InChI is InChI=1S/C14H17BrN2O2S2/c1-3-17(9-12-5-7-14(15)20-12)21(18,19)13-6-4-11(16)8-10(13)2/h4-8H,3,9,16H2,1-2H3. The highest BCUT2D eigenvalue weighted by molar-refractivity contribution is 9.11. The van der Waals surface area contributed by atoms with Crippen LogP contribution in [0.2, 0.25) is 0 Å². The largest absolute Gasteiger partial charge is 0.399 e. The highest BCUT2D eigenvalue weighted by atomic mass is 79.9. The maximum absolute atomic E-state index is 12.8. The van der Waals surface area contributed by atoms with Crippen molar-refractivity contribution < 1.29 is 8.42 Å². The van der Waals surface area contributed by atoms with E-state index in [1.165, 1.54) is 15.6 Å². The van der Waals surface area contributed by atoms with Crippen LogP contribution >= 0.6 is 27.3 Å². The van der Waals surface area contributed by atoms with Gasteiger partial charge in [0.15, 0.2) is 0 Å². The SMILES string of the molecule is CCN(Cc1ccc(Br)s1)S(=O)(=O)c1ccc(N)cc1C. The molecule has 0 spiro atoms. The molecule has 0 fully saturated rings. The second-order valence-corrected chi connectivity index (χ2v) is 9.12. The summed E-state index contributed by atoms with van der Waals surface area (Å²) in [7, 11) is -3.52. The molecule has 0 unspecified atom stereocenters. The van der Waals surface area contributed by atoms with E-state index in [0.29, 0.717) is 29.2 Å². The van der Waals surface area contributed by atoms with Crippen molar-refractivity contribution >= 4 is 43.0 Å². The van der Waals surface area contributed by atoms with Crippen LogP contribution in [0.25, 0.3) is 0 Å². The summed E-state index contributed by atoms with van der Waals surface area (Å²) in [6.07, 6.45) is 0. The molecule has 0 aliphatic rings. The second-order valence-electron chi connectivity index (χ2n) is 4.66. The average Bonchev–Trinajstić information content (AvgIpc) is 2.80. The summed E-state index contributed by atoms with van der Waals surface area (Å²) in [6.45, 7) is 4.40. The van der Waals surface area contributed by atoms with Crippen LogP contribution in [0.3, 0.4) is 0 Å². The van der Waals surface area contributed by atoms with Crippen molar-refractivity contribution in [3.05, 3.63) is 44.6 Å². The van der Waals surface area contributed by atoms with Gasteiger partial charge in [0.25, 0.3) is 0 Å². The number of hydrogen-bond acceptors (Lipinski definition) is 4. The molecule has 0 bridgehead atoms. The van der Waals surface area contributed by atoms with Crippen LogP contribution in [0.15, 0.2) is 39.0 Å². The van der Waals surface area contributed by atoms with Gasteiger partial charge in [0.05, 0.1) is 8.68 Å². The molecule has 0 radical (unpaired) electrons. The van der Waals surface area contributed by atoms with Crippen molar-refractivity contribution in [3.63, 3.8) is 0 Å². The van der Waals surface area contributed by atoms with Crippen LogP contribution < -0.4 is 5.73 Å². The third kappa shape index (κ3) is 3.66. The molecule has 2 rings (SSSR count). The van der Waals surface area contributed by atoms with Gasteiger partial charge in [0.1, 0.15) is 0 Å². The zero-order valence-electron chi connectivity index (χ0n) is 11.8. The minimum absolute atomic E-state index is 0.314.